The van der Waals surface area contributed by atoms with Gasteiger partial charge in [-0.3, -0.25) is 0 Å². The Kier molecular flexibility index (Phi) is 5.21. The van der Waals surface area contributed by atoms with Gasteiger partial charge in [0.15, 0.2) is 11.6 Å². The molecular weight excluding hydrogens is 384 g/mol. The summed E-state index contributed by atoms with van der Waals surface area (Å²) in [6, 6.07) is 2.01. The fraction of sp³-hybridized carbons (Fsp3) is 0.588. The number of piperazine rings is 1. The van der Waals surface area contributed by atoms with Crippen molar-refractivity contribution in [3.8, 4) is 0 Å². The topological polar surface area (TPSA) is 105 Å². The van der Waals surface area contributed by atoms with Gasteiger partial charge in [0.25, 0.3) is 0 Å². The van der Waals surface area contributed by atoms with Gasteiger partial charge >= 0.3 is 0 Å². The second-order valence-electron chi connectivity index (χ2n) is 6.92. The average Bonchev–Trinajstić information content (AvgIpc) is 3.08. The van der Waals surface area contributed by atoms with Crippen LogP contribution in [0.2, 0.25) is 0 Å². The van der Waals surface area contributed by atoms with Crippen molar-refractivity contribution >= 4 is 21.5 Å². The standard InChI is InChI=1S/C17H24N6O4S/c1-13-17(14(2)27-20-13)28(24,25)23-5-3-21(4-6-23)15-11-16(19-18-12-15)22-7-9-26-10-8-22/h11-12H,3-10H2,1-2H3. The Bertz CT molecular complexity index is 913. The minimum atomic E-state index is -3.61. The predicted molar refractivity (Wildman–Crippen MR) is 102 cm³/mol. The molecule has 0 radical (unpaired) electrons. The molecule has 0 unspecified atom stereocenters. The molecule has 0 saturated carbocycles. The molecule has 0 amide bonds. The van der Waals surface area contributed by atoms with Crippen molar-refractivity contribution in [1.82, 2.24) is 19.7 Å². The van der Waals surface area contributed by atoms with Crippen molar-refractivity contribution in [2.24, 2.45) is 0 Å². The van der Waals surface area contributed by atoms with E-state index in [0.717, 1.165) is 24.6 Å². The molecule has 2 aromatic heterocycles. The maximum atomic E-state index is 13.0. The monoisotopic (exact) mass is 408 g/mol. The Hall–Kier alpha value is -2.24. The molecule has 2 fully saturated rings. The SMILES string of the molecule is Cc1noc(C)c1S(=O)(=O)N1CCN(c2cnnc(N3CCOCC3)c2)CC1. The first-order chi connectivity index (χ1) is 13.5. The molecule has 0 spiro atoms. The van der Waals surface area contributed by atoms with Crippen LogP contribution in [0, 0.1) is 13.8 Å². The molecule has 4 heterocycles. The average molecular weight is 408 g/mol. The first-order valence-electron chi connectivity index (χ1n) is 9.30. The van der Waals surface area contributed by atoms with E-state index in [9.17, 15) is 8.42 Å². The molecule has 11 heteroatoms. The number of aryl methyl sites for hydroxylation is 2. The third-order valence-electron chi connectivity index (χ3n) is 5.13. The van der Waals surface area contributed by atoms with Crippen LogP contribution < -0.4 is 9.80 Å². The second kappa shape index (κ2) is 7.64. The summed E-state index contributed by atoms with van der Waals surface area (Å²) in [5, 5.41) is 12.1. The lowest BCUT2D eigenvalue weighted by atomic mass is 10.3. The molecule has 0 atom stereocenters. The van der Waals surface area contributed by atoms with E-state index in [2.05, 4.69) is 25.2 Å². The Morgan fingerprint density at radius 1 is 1.00 bits per heavy atom. The lowest BCUT2D eigenvalue weighted by molar-refractivity contribution is 0.122. The van der Waals surface area contributed by atoms with Gasteiger partial charge in [-0.25, -0.2) is 8.42 Å². The Balaban J connectivity index is 1.46. The molecule has 2 aromatic rings. The van der Waals surface area contributed by atoms with Crippen LogP contribution in [0.3, 0.4) is 0 Å². The highest BCUT2D eigenvalue weighted by Crippen LogP contribution is 2.26. The van der Waals surface area contributed by atoms with Gasteiger partial charge in [-0.15, -0.1) is 5.10 Å². The van der Waals surface area contributed by atoms with Gasteiger partial charge in [0, 0.05) is 45.3 Å². The summed E-state index contributed by atoms with van der Waals surface area (Å²) in [6.07, 6.45) is 1.72. The molecule has 0 N–H and O–H groups in total. The van der Waals surface area contributed by atoms with Crippen LogP contribution in [0.1, 0.15) is 11.5 Å². The maximum Gasteiger partial charge on any atom is 0.248 e. The predicted octanol–water partition coefficient (Wildman–Crippen LogP) is 0.429. The van der Waals surface area contributed by atoms with Gasteiger partial charge in [0.1, 0.15) is 10.6 Å². The molecule has 28 heavy (non-hydrogen) atoms. The zero-order valence-electron chi connectivity index (χ0n) is 16.0. The summed E-state index contributed by atoms with van der Waals surface area (Å²) in [6.45, 7) is 8.17. The number of rotatable bonds is 4. The van der Waals surface area contributed by atoms with Crippen molar-refractivity contribution < 1.29 is 17.7 Å². The van der Waals surface area contributed by atoms with Gasteiger partial charge in [0.05, 0.1) is 25.1 Å². The van der Waals surface area contributed by atoms with Crippen LogP contribution in [0.5, 0.6) is 0 Å². The summed E-state index contributed by atoms with van der Waals surface area (Å²) >= 11 is 0. The Labute approximate surface area is 164 Å². The van der Waals surface area contributed by atoms with E-state index >= 15 is 0 Å². The Morgan fingerprint density at radius 2 is 1.71 bits per heavy atom. The molecule has 10 nitrogen and oxygen atoms in total. The fourth-order valence-electron chi connectivity index (χ4n) is 3.62. The summed E-state index contributed by atoms with van der Waals surface area (Å²) in [5.41, 5.74) is 1.35. The quantitative estimate of drug-likeness (QED) is 0.712. The second-order valence-corrected chi connectivity index (χ2v) is 8.79. The highest BCUT2D eigenvalue weighted by molar-refractivity contribution is 7.89. The molecule has 2 aliphatic heterocycles. The largest absolute Gasteiger partial charge is 0.378 e. The molecule has 2 saturated heterocycles. The van der Waals surface area contributed by atoms with E-state index in [0.29, 0.717) is 50.8 Å². The molecular formula is C17H24N6O4S. The van der Waals surface area contributed by atoms with Crippen LogP contribution in [0.4, 0.5) is 11.5 Å². The normalized spacial score (nSPS) is 19.2. The number of ether oxygens (including phenoxy) is 1. The van der Waals surface area contributed by atoms with Crippen molar-refractivity contribution in [3.63, 3.8) is 0 Å². The number of sulfonamides is 1. The number of hydrogen-bond donors (Lipinski definition) is 0. The van der Waals surface area contributed by atoms with E-state index in [1.165, 1.54) is 4.31 Å². The summed E-state index contributed by atoms with van der Waals surface area (Å²) in [4.78, 5) is 4.47. The zero-order valence-corrected chi connectivity index (χ0v) is 16.9. The third-order valence-corrected chi connectivity index (χ3v) is 7.28. The lowest BCUT2D eigenvalue weighted by Crippen LogP contribution is -2.49. The van der Waals surface area contributed by atoms with Gasteiger partial charge in [-0.05, 0) is 13.8 Å². The third kappa shape index (κ3) is 3.56. The van der Waals surface area contributed by atoms with Crippen molar-refractivity contribution in [2.75, 3.05) is 62.3 Å². The lowest BCUT2D eigenvalue weighted by Gasteiger charge is -2.35. The van der Waals surface area contributed by atoms with Crippen LogP contribution in [-0.2, 0) is 14.8 Å². The van der Waals surface area contributed by atoms with Crippen molar-refractivity contribution in [2.45, 2.75) is 18.7 Å². The molecule has 2 aliphatic rings. The summed E-state index contributed by atoms with van der Waals surface area (Å²) in [7, 11) is -3.61. The van der Waals surface area contributed by atoms with Gasteiger partial charge in [-0.1, -0.05) is 5.16 Å². The molecule has 0 bridgehead atoms. The molecule has 4 rings (SSSR count). The van der Waals surface area contributed by atoms with Gasteiger partial charge in [0.2, 0.25) is 10.0 Å². The van der Waals surface area contributed by atoms with Crippen LogP contribution in [0.15, 0.2) is 21.7 Å². The van der Waals surface area contributed by atoms with Gasteiger partial charge < -0.3 is 19.1 Å². The van der Waals surface area contributed by atoms with Crippen LogP contribution >= 0.6 is 0 Å². The van der Waals surface area contributed by atoms with E-state index in [1.54, 1.807) is 20.0 Å². The summed E-state index contributed by atoms with van der Waals surface area (Å²) in [5.74, 6) is 1.15. The first-order valence-corrected chi connectivity index (χ1v) is 10.7. The first kappa shape index (κ1) is 19.1. The molecule has 152 valence electrons. The zero-order chi connectivity index (χ0) is 19.7. The number of aromatic nitrogens is 3. The maximum absolute atomic E-state index is 13.0. The number of hydrogen-bond acceptors (Lipinski definition) is 9. The fourth-order valence-corrected chi connectivity index (χ4v) is 5.34. The number of nitrogens with zero attached hydrogens (tertiary/aromatic N) is 6. The van der Waals surface area contributed by atoms with Crippen LogP contribution in [0.25, 0.3) is 0 Å². The Morgan fingerprint density at radius 3 is 2.36 bits per heavy atom. The molecule has 0 aromatic carbocycles. The van der Waals surface area contributed by atoms with E-state index in [4.69, 9.17) is 9.26 Å². The highest BCUT2D eigenvalue weighted by atomic mass is 32.2. The van der Waals surface area contributed by atoms with Crippen molar-refractivity contribution in [3.05, 3.63) is 23.7 Å². The summed E-state index contributed by atoms with van der Waals surface area (Å²) < 4.78 is 37.8. The van der Waals surface area contributed by atoms with E-state index in [1.807, 2.05) is 6.07 Å². The van der Waals surface area contributed by atoms with E-state index < -0.39 is 10.0 Å². The minimum absolute atomic E-state index is 0.182. The minimum Gasteiger partial charge on any atom is -0.378 e. The van der Waals surface area contributed by atoms with Crippen molar-refractivity contribution in [1.29, 1.82) is 0 Å². The number of anilines is 2. The highest BCUT2D eigenvalue weighted by Gasteiger charge is 2.33. The molecule has 0 aliphatic carbocycles. The van der Waals surface area contributed by atoms with Gasteiger partial charge in [-0.2, -0.15) is 9.40 Å². The van der Waals surface area contributed by atoms with E-state index in [-0.39, 0.29) is 4.90 Å². The smallest absolute Gasteiger partial charge is 0.248 e. The number of morpholine rings is 1. The van der Waals surface area contributed by atoms with Crippen LogP contribution in [-0.4, -0.2) is 80.6 Å².